The van der Waals surface area contributed by atoms with Gasteiger partial charge in [-0.15, -0.1) is 22.9 Å². The average Bonchev–Trinajstić information content (AvgIpc) is 3.25. The van der Waals surface area contributed by atoms with Gasteiger partial charge in [0.2, 0.25) is 0 Å². The van der Waals surface area contributed by atoms with E-state index < -0.39 is 5.54 Å². The van der Waals surface area contributed by atoms with Gasteiger partial charge in [0.1, 0.15) is 16.4 Å². The van der Waals surface area contributed by atoms with Gasteiger partial charge in [0, 0.05) is 29.7 Å². The van der Waals surface area contributed by atoms with E-state index in [1.807, 2.05) is 31.2 Å². The van der Waals surface area contributed by atoms with Crippen LogP contribution in [-0.4, -0.2) is 59.6 Å². The molecule has 10 heteroatoms. The second kappa shape index (κ2) is 8.23. The number of thiophene rings is 1. The van der Waals surface area contributed by atoms with Gasteiger partial charge in [-0.05, 0) is 25.8 Å². The minimum atomic E-state index is -0.834. The van der Waals surface area contributed by atoms with Crippen LogP contribution in [0.15, 0.2) is 29.3 Å². The van der Waals surface area contributed by atoms with Crippen molar-refractivity contribution >= 4 is 61.7 Å². The largest absolute Gasteiger partial charge is 0.338 e. The Morgan fingerprint density at radius 3 is 2.70 bits per heavy atom. The van der Waals surface area contributed by atoms with Gasteiger partial charge in [0.25, 0.3) is 11.8 Å². The third-order valence-corrected chi connectivity index (χ3v) is 6.75. The average molecular weight is 448 g/mol. The van der Waals surface area contributed by atoms with Crippen LogP contribution >= 0.6 is 22.9 Å². The lowest BCUT2D eigenvalue weighted by molar-refractivity contribution is -0.125. The van der Waals surface area contributed by atoms with Crippen molar-refractivity contribution in [3.8, 4) is 0 Å². The molecule has 1 fully saturated rings. The molecule has 0 unspecified atom stereocenters. The number of hydrogen-bond donors (Lipinski definition) is 3. The van der Waals surface area contributed by atoms with Gasteiger partial charge >= 0.3 is 6.03 Å². The topological polar surface area (TPSA) is 103 Å². The molecular formula is C20H22ClN5O3S. The van der Waals surface area contributed by atoms with E-state index in [1.54, 1.807) is 4.90 Å². The number of nitrogens with one attached hydrogen (secondary N) is 3. The molecule has 1 aromatic heterocycles. The van der Waals surface area contributed by atoms with E-state index in [2.05, 4.69) is 20.9 Å². The molecule has 1 spiro atoms. The number of hydrogen-bond acceptors (Lipinski definition) is 5. The molecule has 4 amide bonds. The van der Waals surface area contributed by atoms with Crippen LogP contribution < -0.4 is 16.0 Å². The number of carbonyl (C=O) groups is 3. The third kappa shape index (κ3) is 3.63. The number of anilines is 1. The van der Waals surface area contributed by atoms with Crippen LogP contribution in [0.5, 0.6) is 0 Å². The van der Waals surface area contributed by atoms with Gasteiger partial charge in [-0.1, -0.05) is 18.2 Å². The minimum Gasteiger partial charge on any atom is -0.338 e. The highest BCUT2D eigenvalue weighted by atomic mass is 35.5. The Morgan fingerprint density at radius 1 is 1.30 bits per heavy atom. The molecule has 3 N–H and O–H groups in total. The van der Waals surface area contributed by atoms with Crippen LogP contribution in [0.4, 0.5) is 9.80 Å². The van der Waals surface area contributed by atoms with Gasteiger partial charge in [-0.25, -0.2) is 4.79 Å². The van der Waals surface area contributed by atoms with Gasteiger partial charge < -0.3 is 15.5 Å². The zero-order valence-corrected chi connectivity index (χ0v) is 18.0. The molecule has 2 aromatic rings. The lowest BCUT2D eigenvalue weighted by Crippen LogP contribution is -2.50. The van der Waals surface area contributed by atoms with E-state index in [1.165, 1.54) is 11.3 Å². The Morgan fingerprint density at radius 2 is 2.03 bits per heavy atom. The number of benzene rings is 1. The first kappa shape index (κ1) is 20.6. The number of carbonyl (C=O) groups excluding carboxylic acids is 3. The van der Waals surface area contributed by atoms with Gasteiger partial charge in [-0.2, -0.15) is 0 Å². The molecular weight excluding hydrogens is 426 g/mol. The molecule has 2 aliphatic heterocycles. The summed E-state index contributed by atoms with van der Waals surface area (Å²) < 4.78 is 0.924. The van der Waals surface area contributed by atoms with Crippen molar-refractivity contribution in [2.24, 2.45) is 4.99 Å². The Balaban J connectivity index is 1.59. The number of rotatable bonds is 4. The monoisotopic (exact) mass is 447 g/mol. The number of urea groups is 1. The molecule has 30 heavy (non-hydrogen) atoms. The van der Waals surface area contributed by atoms with Gasteiger partial charge in [0.05, 0.1) is 11.4 Å². The van der Waals surface area contributed by atoms with E-state index in [-0.39, 0.29) is 23.7 Å². The summed E-state index contributed by atoms with van der Waals surface area (Å²) >= 11 is 7.18. The van der Waals surface area contributed by atoms with Gasteiger partial charge in [0.15, 0.2) is 0 Å². The minimum absolute atomic E-state index is 0.148. The smallest absolute Gasteiger partial charge is 0.319 e. The maximum Gasteiger partial charge on any atom is 0.319 e. The predicted molar refractivity (Wildman–Crippen MR) is 119 cm³/mol. The van der Waals surface area contributed by atoms with Gasteiger partial charge in [-0.3, -0.25) is 19.9 Å². The summed E-state index contributed by atoms with van der Waals surface area (Å²) in [5.74, 6) is 0.337. The van der Waals surface area contributed by atoms with Crippen molar-refractivity contribution in [2.45, 2.75) is 25.3 Å². The zero-order valence-electron chi connectivity index (χ0n) is 16.5. The van der Waals surface area contributed by atoms with E-state index >= 15 is 0 Å². The first-order valence-electron chi connectivity index (χ1n) is 9.79. The van der Waals surface area contributed by atoms with E-state index in [0.717, 1.165) is 10.1 Å². The number of likely N-dealkylation sites (tertiary alicyclic amines) is 1. The summed E-state index contributed by atoms with van der Waals surface area (Å²) in [5.41, 5.74) is -0.349. The fourth-order valence-electron chi connectivity index (χ4n) is 3.88. The molecule has 8 nitrogen and oxygen atoms in total. The quantitative estimate of drug-likeness (QED) is 0.628. The Kier molecular flexibility index (Phi) is 5.66. The number of piperidine rings is 1. The maximum atomic E-state index is 13.4. The lowest BCUT2D eigenvalue weighted by Gasteiger charge is -2.35. The van der Waals surface area contributed by atoms with Crippen molar-refractivity contribution < 1.29 is 14.4 Å². The van der Waals surface area contributed by atoms with Crippen molar-refractivity contribution in [1.82, 2.24) is 15.5 Å². The highest BCUT2D eigenvalue weighted by Gasteiger charge is 2.46. The summed E-state index contributed by atoms with van der Waals surface area (Å²) in [6, 6.07) is 7.24. The van der Waals surface area contributed by atoms with Crippen LogP contribution in [-0.2, 0) is 4.79 Å². The number of aliphatic imine (C=N–C) groups is 1. The van der Waals surface area contributed by atoms with Crippen LogP contribution in [0.25, 0.3) is 10.1 Å². The Hall–Kier alpha value is -2.65. The maximum absolute atomic E-state index is 13.4. The zero-order chi connectivity index (χ0) is 21.3. The van der Waals surface area contributed by atoms with Crippen LogP contribution in [0.3, 0.4) is 0 Å². The molecule has 0 radical (unpaired) electrons. The summed E-state index contributed by atoms with van der Waals surface area (Å²) in [5, 5.41) is 9.56. The summed E-state index contributed by atoms with van der Waals surface area (Å²) in [6.07, 6.45) is 0.873. The molecule has 1 saturated heterocycles. The van der Waals surface area contributed by atoms with E-state index in [4.69, 9.17) is 11.6 Å². The van der Waals surface area contributed by atoms with E-state index in [9.17, 15) is 14.4 Å². The number of halogens is 1. The highest BCUT2D eigenvalue weighted by molar-refractivity contribution is 7.23. The third-order valence-electron chi connectivity index (χ3n) is 5.41. The van der Waals surface area contributed by atoms with Crippen molar-refractivity contribution in [2.75, 3.05) is 30.8 Å². The molecule has 0 aliphatic carbocycles. The Labute approximate surface area is 182 Å². The second-order valence-corrected chi connectivity index (χ2v) is 8.58. The first-order valence-corrected chi connectivity index (χ1v) is 11.1. The summed E-state index contributed by atoms with van der Waals surface area (Å²) in [6.45, 7) is 3.12. The fraction of sp³-hybridized carbons (Fsp3) is 0.400. The number of amides is 4. The Bertz CT molecular complexity index is 1040. The molecule has 2 aliphatic rings. The van der Waals surface area contributed by atoms with Crippen molar-refractivity contribution in [3.63, 3.8) is 0 Å². The molecule has 0 bridgehead atoms. The predicted octanol–water partition coefficient (Wildman–Crippen LogP) is 2.78. The van der Waals surface area contributed by atoms with Crippen molar-refractivity contribution in [1.29, 1.82) is 0 Å². The number of alkyl halides is 1. The fourth-order valence-corrected chi connectivity index (χ4v) is 5.09. The molecule has 0 saturated carbocycles. The highest BCUT2D eigenvalue weighted by Crippen LogP contribution is 2.38. The number of amidine groups is 1. The molecule has 4 rings (SSSR count). The molecule has 158 valence electrons. The normalized spacial score (nSPS) is 17.7. The van der Waals surface area contributed by atoms with E-state index in [0.29, 0.717) is 48.9 Å². The van der Waals surface area contributed by atoms with Crippen LogP contribution in [0, 0.1) is 0 Å². The summed E-state index contributed by atoms with van der Waals surface area (Å²) in [7, 11) is 0. The standard InChI is InChI=1S/C20H22ClN5O3S/c1-2-22-19(29)24-16-15(12-5-3-4-6-13(12)30-16)17(27)26-9-7-20(8-10-26)18(28)23-14(11-21)25-20/h3-6H,2,7-11H2,1H3,(H2,22,24,29)(H,23,25,28). The van der Waals surface area contributed by atoms with Crippen molar-refractivity contribution in [3.05, 3.63) is 29.8 Å². The molecule has 3 heterocycles. The summed E-state index contributed by atoms with van der Waals surface area (Å²) in [4.78, 5) is 44.1. The lowest BCUT2D eigenvalue weighted by atomic mass is 9.87. The molecule has 0 atom stereocenters. The SMILES string of the molecule is CCNC(=O)Nc1sc2ccccc2c1C(=O)N1CCC2(CC1)N=C(CCl)NC2=O. The van der Waals surface area contributed by atoms with Crippen LogP contribution in [0.1, 0.15) is 30.1 Å². The second-order valence-electron chi connectivity index (χ2n) is 7.26. The van der Waals surface area contributed by atoms with Crippen LogP contribution in [0.2, 0.25) is 0 Å². The first-order chi connectivity index (χ1) is 14.5. The molecule has 1 aromatic carbocycles. The number of fused-ring (bicyclic) bond motifs is 1. The number of nitrogens with zero attached hydrogens (tertiary/aromatic N) is 2.